The molecule has 1 aliphatic heterocycles. The van der Waals surface area contributed by atoms with E-state index in [1.54, 1.807) is 12.1 Å². The molecule has 0 atom stereocenters. The molecule has 0 saturated heterocycles. The normalized spacial score (nSPS) is 12.0. The van der Waals surface area contributed by atoms with E-state index in [1.807, 2.05) is 38.1 Å². The van der Waals surface area contributed by atoms with Crippen molar-refractivity contribution in [1.82, 2.24) is 4.98 Å². The maximum Gasteiger partial charge on any atom is 0.234 e. The maximum absolute atomic E-state index is 12.4. The molecule has 0 aliphatic carbocycles. The summed E-state index contributed by atoms with van der Waals surface area (Å²) in [5.41, 5.74) is 4.08. The van der Waals surface area contributed by atoms with E-state index < -0.39 is 0 Å². The highest BCUT2D eigenvalue weighted by molar-refractivity contribution is 8.00. The van der Waals surface area contributed by atoms with Crippen LogP contribution < -0.4 is 14.8 Å². The van der Waals surface area contributed by atoms with E-state index in [0.29, 0.717) is 27.6 Å². The summed E-state index contributed by atoms with van der Waals surface area (Å²) < 4.78 is 10.8. The van der Waals surface area contributed by atoms with Gasteiger partial charge in [-0.2, -0.15) is 5.26 Å². The van der Waals surface area contributed by atoms with Crippen LogP contribution in [-0.4, -0.2) is 23.4 Å². The highest BCUT2D eigenvalue weighted by Gasteiger charge is 2.17. The third kappa shape index (κ3) is 3.47. The number of carbonyl (C=O) groups is 1. The van der Waals surface area contributed by atoms with Crippen molar-refractivity contribution in [2.75, 3.05) is 17.9 Å². The first kappa shape index (κ1) is 18.1. The molecule has 0 bridgehead atoms. The van der Waals surface area contributed by atoms with E-state index in [0.717, 1.165) is 22.2 Å². The molecule has 7 heteroatoms. The van der Waals surface area contributed by atoms with Crippen LogP contribution in [0.1, 0.15) is 16.7 Å². The first-order chi connectivity index (χ1) is 13.5. The van der Waals surface area contributed by atoms with Gasteiger partial charge in [-0.25, -0.2) is 4.98 Å². The van der Waals surface area contributed by atoms with Crippen molar-refractivity contribution >= 4 is 34.3 Å². The largest absolute Gasteiger partial charge is 0.454 e. The number of carbonyl (C=O) groups excluding carboxylic acids is 1. The fourth-order valence-corrected chi connectivity index (χ4v) is 3.71. The van der Waals surface area contributed by atoms with E-state index in [2.05, 4.69) is 16.4 Å². The number of hydrogen-bond donors (Lipinski definition) is 1. The number of thioether (sulfide) groups is 1. The predicted molar refractivity (Wildman–Crippen MR) is 108 cm³/mol. The number of hydrogen-bond acceptors (Lipinski definition) is 6. The predicted octanol–water partition coefficient (Wildman–Crippen LogP) is 4.18. The van der Waals surface area contributed by atoms with Gasteiger partial charge < -0.3 is 14.8 Å². The third-order valence-corrected chi connectivity index (χ3v) is 5.60. The molecule has 1 N–H and O–H groups in total. The van der Waals surface area contributed by atoms with Gasteiger partial charge in [0.25, 0.3) is 0 Å². The van der Waals surface area contributed by atoms with Crippen LogP contribution in [-0.2, 0) is 4.79 Å². The Morgan fingerprint density at radius 3 is 2.82 bits per heavy atom. The van der Waals surface area contributed by atoms with E-state index in [4.69, 9.17) is 9.47 Å². The minimum absolute atomic E-state index is 0.143. The lowest BCUT2D eigenvalue weighted by Gasteiger charge is -2.10. The molecule has 1 aliphatic rings. The fraction of sp³-hybridized carbons (Fsp3) is 0.190. The van der Waals surface area contributed by atoms with Crippen molar-refractivity contribution in [3.63, 3.8) is 0 Å². The monoisotopic (exact) mass is 391 g/mol. The Kier molecular flexibility index (Phi) is 4.80. The van der Waals surface area contributed by atoms with Crippen LogP contribution >= 0.6 is 11.8 Å². The Morgan fingerprint density at radius 1 is 1.25 bits per heavy atom. The first-order valence-electron chi connectivity index (χ1n) is 8.68. The molecular formula is C21H17N3O3S. The number of pyridine rings is 1. The maximum atomic E-state index is 12.4. The summed E-state index contributed by atoms with van der Waals surface area (Å²) in [5.74, 6) is 1.29. The molecule has 1 aromatic heterocycles. The zero-order valence-corrected chi connectivity index (χ0v) is 16.2. The summed E-state index contributed by atoms with van der Waals surface area (Å²) in [6, 6.07) is 13.3. The fourth-order valence-electron chi connectivity index (χ4n) is 2.94. The number of nitrogens with zero attached hydrogens (tertiary/aromatic N) is 2. The summed E-state index contributed by atoms with van der Waals surface area (Å²) in [6.07, 6.45) is 0. The van der Waals surface area contributed by atoms with Crippen LogP contribution in [0.15, 0.2) is 41.4 Å². The van der Waals surface area contributed by atoms with Gasteiger partial charge in [0.2, 0.25) is 12.7 Å². The molecule has 0 fully saturated rings. The SMILES string of the molecule is Cc1cccc(NC(=O)CSc2nc3cc4c(cc3cc2C#N)OCO4)c1C. The number of nitriles is 1. The summed E-state index contributed by atoms with van der Waals surface area (Å²) in [5, 5.41) is 13.7. The van der Waals surface area contributed by atoms with Crippen LogP contribution in [0.3, 0.4) is 0 Å². The van der Waals surface area contributed by atoms with Crippen molar-refractivity contribution in [2.45, 2.75) is 18.9 Å². The van der Waals surface area contributed by atoms with Crippen molar-refractivity contribution < 1.29 is 14.3 Å². The quantitative estimate of drug-likeness (QED) is 0.672. The lowest BCUT2D eigenvalue weighted by molar-refractivity contribution is -0.113. The standard InChI is InChI=1S/C21H17N3O3S/c1-12-4-3-5-16(13(12)2)23-20(25)10-28-21-15(9-22)6-14-7-18-19(27-11-26-18)8-17(14)24-21/h3-8H,10-11H2,1-2H3,(H,23,25). The van der Waals surface area contributed by atoms with Crippen LogP contribution in [0.25, 0.3) is 10.9 Å². The third-order valence-electron chi connectivity index (χ3n) is 4.61. The van der Waals surface area contributed by atoms with Gasteiger partial charge in [-0.3, -0.25) is 4.79 Å². The van der Waals surface area contributed by atoms with Gasteiger partial charge in [0, 0.05) is 17.1 Å². The number of ether oxygens (including phenoxy) is 2. The number of anilines is 1. The van der Waals surface area contributed by atoms with Gasteiger partial charge in [0.15, 0.2) is 11.5 Å². The Morgan fingerprint density at radius 2 is 2.04 bits per heavy atom. The molecule has 2 heterocycles. The molecular weight excluding hydrogens is 374 g/mol. The smallest absolute Gasteiger partial charge is 0.234 e. The highest BCUT2D eigenvalue weighted by Crippen LogP contribution is 2.37. The number of aryl methyl sites for hydroxylation is 1. The Balaban J connectivity index is 1.54. The molecule has 2 aromatic carbocycles. The molecule has 0 unspecified atom stereocenters. The topological polar surface area (TPSA) is 84.2 Å². The van der Waals surface area contributed by atoms with Gasteiger partial charge in [-0.05, 0) is 43.2 Å². The number of fused-ring (bicyclic) bond motifs is 2. The molecule has 140 valence electrons. The van der Waals surface area contributed by atoms with Gasteiger partial charge in [-0.1, -0.05) is 23.9 Å². The first-order valence-corrected chi connectivity index (χ1v) is 9.67. The number of aromatic nitrogens is 1. The van der Waals surface area contributed by atoms with Crippen molar-refractivity contribution in [3.05, 3.63) is 53.1 Å². The molecule has 0 radical (unpaired) electrons. The number of rotatable bonds is 4. The van der Waals surface area contributed by atoms with Crippen LogP contribution in [0.2, 0.25) is 0 Å². The Hall–Kier alpha value is -3.24. The Labute approximate surface area is 166 Å². The summed E-state index contributed by atoms with van der Waals surface area (Å²) >= 11 is 1.24. The number of amides is 1. The highest BCUT2D eigenvalue weighted by atomic mass is 32.2. The van der Waals surface area contributed by atoms with Gasteiger partial charge >= 0.3 is 0 Å². The van der Waals surface area contributed by atoms with Crippen molar-refractivity contribution in [1.29, 1.82) is 5.26 Å². The van der Waals surface area contributed by atoms with Crippen LogP contribution in [0.5, 0.6) is 11.5 Å². The van der Waals surface area contributed by atoms with E-state index in [9.17, 15) is 10.1 Å². The molecule has 28 heavy (non-hydrogen) atoms. The molecule has 6 nitrogen and oxygen atoms in total. The average Bonchev–Trinajstić information content (AvgIpc) is 3.14. The summed E-state index contributed by atoms with van der Waals surface area (Å²) in [6.45, 7) is 4.15. The Bertz CT molecular complexity index is 1140. The molecule has 1 amide bonds. The molecule has 4 rings (SSSR count). The second-order valence-electron chi connectivity index (χ2n) is 6.44. The minimum atomic E-state index is -0.143. The zero-order chi connectivity index (χ0) is 19.7. The second-order valence-corrected chi connectivity index (χ2v) is 7.40. The molecule has 3 aromatic rings. The average molecular weight is 391 g/mol. The zero-order valence-electron chi connectivity index (χ0n) is 15.4. The van der Waals surface area contributed by atoms with E-state index >= 15 is 0 Å². The number of benzene rings is 2. The second kappa shape index (κ2) is 7.41. The van der Waals surface area contributed by atoms with Gasteiger partial charge in [-0.15, -0.1) is 0 Å². The molecule has 0 saturated carbocycles. The minimum Gasteiger partial charge on any atom is -0.454 e. The van der Waals surface area contributed by atoms with E-state index in [1.165, 1.54) is 11.8 Å². The number of nitrogens with one attached hydrogen (secondary N) is 1. The van der Waals surface area contributed by atoms with Crippen LogP contribution in [0.4, 0.5) is 5.69 Å². The summed E-state index contributed by atoms with van der Waals surface area (Å²) in [7, 11) is 0. The van der Waals surface area contributed by atoms with Crippen LogP contribution in [0, 0.1) is 25.2 Å². The van der Waals surface area contributed by atoms with Gasteiger partial charge in [0.1, 0.15) is 11.1 Å². The van der Waals surface area contributed by atoms with Gasteiger partial charge in [0.05, 0.1) is 16.8 Å². The lowest BCUT2D eigenvalue weighted by atomic mass is 10.1. The van der Waals surface area contributed by atoms with Crippen molar-refractivity contribution in [2.24, 2.45) is 0 Å². The lowest BCUT2D eigenvalue weighted by Crippen LogP contribution is -2.15. The summed E-state index contributed by atoms with van der Waals surface area (Å²) in [4.78, 5) is 16.9. The van der Waals surface area contributed by atoms with Crippen molar-refractivity contribution in [3.8, 4) is 17.6 Å². The molecule has 0 spiro atoms. The van der Waals surface area contributed by atoms with E-state index in [-0.39, 0.29) is 18.5 Å².